The molecule has 0 bridgehead atoms. The molecule has 0 fully saturated rings. The molecule has 92 valence electrons. The summed E-state index contributed by atoms with van der Waals surface area (Å²) in [6.07, 6.45) is 0.758. The number of halogens is 1. The third kappa shape index (κ3) is 2.54. The van der Waals surface area contributed by atoms with Crippen LogP contribution in [0.15, 0.2) is 36.4 Å². The van der Waals surface area contributed by atoms with Gasteiger partial charge in [-0.05, 0) is 49.2 Å². The van der Waals surface area contributed by atoms with Gasteiger partial charge in [0.25, 0.3) is 0 Å². The van der Waals surface area contributed by atoms with Gasteiger partial charge in [-0.2, -0.15) is 0 Å². The number of carbonyl (C=O) groups excluding carboxylic acids is 1. The van der Waals surface area contributed by atoms with E-state index in [4.69, 9.17) is 16.3 Å². The van der Waals surface area contributed by atoms with E-state index in [0.29, 0.717) is 16.3 Å². The molecular weight excluding hydrogens is 248 g/mol. The van der Waals surface area contributed by atoms with Crippen molar-refractivity contribution in [3.63, 3.8) is 0 Å². The van der Waals surface area contributed by atoms with Gasteiger partial charge in [0.2, 0.25) is 0 Å². The standard InChI is InChI=1S/C15H13ClO2/c1-10-4-3-5-14(11(10)2)18-15-7-6-12(9-17)8-13(15)16/h3-9H,1-2H3. The highest BCUT2D eigenvalue weighted by atomic mass is 35.5. The molecule has 0 aliphatic carbocycles. The topological polar surface area (TPSA) is 26.3 Å². The Labute approximate surface area is 111 Å². The second kappa shape index (κ2) is 5.23. The minimum atomic E-state index is 0.431. The van der Waals surface area contributed by atoms with Crippen LogP contribution in [0.1, 0.15) is 21.5 Å². The summed E-state index contributed by atoms with van der Waals surface area (Å²) < 4.78 is 5.77. The van der Waals surface area contributed by atoms with Crippen LogP contribution in [-0.4, -0.2) is 6.29 Å². The zero-order valence-electron chi connectivity index (χ0n) is 10.2. The van der Waals surface area contributed by atoms with E-state index in [1.165, 1.54) is 0 Å². The maximum atomic E-state index is 10.6. The maximum Gasteiger partial charge on any atom is 0.150 e. The number of hydrogen-bond acceptors (Lipinski definition) is 2. The Morgan fingerprint density at radius 3 is 2.56 bits per heavy atom. The Morgan fingerprint density at radius 2 is 1.89 bits per heavy atom. The summed E-state index contributed by atoms with van der Waals surface area (Å²) in [5, 5.41) is 0.431. The molecule has 0 saturated carbocycles. The number of carbonyl (C=O) groups is 1. The van der Waals surface area contributed by atoms with Crippen LogP contribution in [0.25, 0.3) is 0 Å². The fraction of sp³-hybridized carbons (Fsp3) is 0.133. The van der Waals surface area contributed by atoms with Gasteiger partial charge in [0.05, 0.1) is 5.02 Å². The molecule has 3 heteroatoms. The van der Waals surface area contributed by atoms with Crippen LogP contribution in [0.5, 0.6) is 11.5 Å². The first-order valence-electron chi connectivity index (χ1n) is 5.60. The first-order chi connectivity index (χ1) is 8.61. The van der Waals surface area contributed by atoms with Gasteiger partial charge >= 0.3 is 0 Å². The van der Waals surface area contributed by atoms with E-state index in [1.807, 2.05) is 32.0 Å². The van der Waals surface area contributed by atoms with Crippen LogP contribution >= 0.6 is 11.6 Å². The molecule has 0 aromatic heterocycles. The highest BCUT2D eigenvalue weighted by molar-refractivity contribution is 6.32. The predicted molar refractivity (Wildman–Crippen MR) is 72.8 cm³/mol. The molecule has 0 heterocycles. The molecule has 2 aromatic carbocycles. The summed E-state index contributed by atoms with van der Waals surface area (Å²) in [5.41, 5.74) is 2.77. The van der Waals surface area contributed by atoms with Crippen LogP contribution in [0.2, 0.25) is 5.02 Å². The van der Waals surface area contributed by atoms with Gasteiger partial charge in [-0.15, -0.1) is 0 Å². The zero-order valence-corrected chi connectivity index (χ0v) is 11.0. The van der Waals surface area contributed by atoms with Crippen molar-refractivity contribution in [2.45, 2.75) is 13.8 Å². The highest BCUT2D eigenvalue weighted by Crippen LogP contribution is 2.32. The quantitative estimate of drug-likeness (QED) is 0.756. The summed E-state index contributed by atoms with van der Waals surface area (Å²) in [5.74, 6) is 1.33. The molecule has 0 aliphatic heterocycles. The molecule has 0 N–H and O–H groups in total. The monoisotopic (exact) mass is 260 g/mol. The normalized spacial score (nSPS) is 10.2. The van der Waals surface area contributed by atoms with E-state index in [1.54, 1.807) is 18.2 Å². The average molecular weight is 261 g/mol. The Kier molecular flexibility index (Phi) is 3.68. The molecule has 2 rings (SSSR count). The predicted octanol–water partition coefficient (Wildman–Crippen LogP) is 4.56. The molecule has 2 aromatic rings. The number of rotatable bonds is 3. The van der Waals surface area contributed by atoms with Crippen LogP contribution < -0.4 is 4.74 Å². The van der Waals surface area contributed by atoms with Gasteiger partial charge < -0.3 is 4.74 Å². The molecule has 0 atom stereocenters. The molecule has 0 amide bonds. The first kappa shape index (κ1) is 12.7. The molecule has 0 spiro atoms. The summed E-state index contributed by atoms with van der Waals surface area (Å²) in [6.45, 7) is 4.03. The number of aryl methyl sites for hydroxylation is 1. The molecule has 2 nitrogen and oxygen atoms in total. The fourth-order valence-corrected chi connectivity index (χ4v) is 1.85. The Hall–Kier alpha value is -1.80. The number of ether oxygens (including phenoxy) is 1. The van der Waals surface area contributed by atoms with Crippen molar-refractivity contribution in [3.8, 4) is 11.5 Å². The average Bonchev–Trinajstić information content (AvgIpc) is 2.37. The van der Waals surface area contributed by atoms with E-state index < -0.39 is 0 Å². The molecule has 0 saturated heterocycles. The SMILES string of the molecule is Cc1cccc(Oc2ccc(C=O)cc2Cl)c1C. The van der Waals surface area contributed by atoms with Crippen molar-refractivity contribution in [2.24, 2.45) is 0 Å². The lowest BCUT2D eigenvalue weighted by molar-refractivity contribution is 0.112. The van der Waals surface area contributed by atoms with Gasteiger partial charge in [-0.1, -0.05) is 23.7 Å². The van der Waals surface area contributed by atoms with Gasteiger partial charge in [0, 0.05) is 5.56 Å². The number of hydrogen-bond donors (Lipinski definition) is 0. The van der Waals surface area contributed by atoms with E-state index in [-0.39, 0.29) is 0 Å². The van der Waals surface area contributed by atoms with Gasteiger partial charge in [0.15, 0.2) is 0 Å². The van der Waals surface area contributed by atoms with Crippen molar-refractivity contribution in [1.82, 2.24) is 0 Å². The van der Waals surface area contributed by atoms with Crippen molar-refractivity contribution < 1.29 is 9.53 Å². The summed E-state index contributed by atoms with van der Waals surface area (Å²) in [6, 6.07) is 10.8. The fourth-order valence-electron chi connectivity index (χ4n) is 1.63. The van der Waals surface area contributed by atoms with Gasteiger partial charge in [0.1, 0.15) is 17.8 Å². The second-order valence-electron chi connectivity index (χ2n) is 4.11. The lowest BCUT2D eigenvalue weighted by Gasteiger charge is -2.11. The van der Waals surface area contributed by atoms with Gasteiger partial charge in [-0.25, -0.2) is 0 Å². The molecular formula is C15H13ClO2. The smallest absolute Gasteiger partial charge is 0.150 e. The molecule has 0 aliphatic rings. The summed E-state index contributed by atoms with van der Waals surface area (Å²) in [7, 11) is 0. The Morgan fingerprint density at radius 1 is 1.11 bits per heavy atom. The zero-order chi connectivity index (χ0) is 13.1. The lowest BCUT2D eigenvalue weighted by Crippen LogP contribution is -1.91. The summed E-state index contributed by atoms with van der Waals surface area (Å²) in [4.78, 5) is 10.6. The first-order valence-corrected chi connectivity index (χ1v) is 5.98. The number of aldehydes is 1. The van der Waals surface area contributed by atoms with Crippen molar-refractivity contribution >= 4 is 17.9 Å². The van der Waals surface area contributed by atoms with Crippen LogP contribution in [0.4, 0.5) is 0 Å². The van der Waals surface area contributed by atoms with Crippen molar-refractivity contribution in [2.75, 3.05) is 0 Å². The van der Waals surface area contributed by atoms with Crippen LogP contribution in [0.3, 0.4) is 0 Å². The third-order valence-electron chi connectivity index (χ3n) is 2.87. The minimum Gasteiger partial charge on any atom is -0.456 e. The van der Waals surface area contributed by atoms with E-state index in [2.05, 4.69) is 0 Å². The van der Waals surface area contributed by atoms with Crippen molar-refractivity contribution in [1.29, 1.82) is 0 Å². The van der Waals surface area contributed by atoms with Crippen molar-refractivity contribution in [3.05, 3.63) is 58.1 Å². The summed E-state index contributed by atoms with van der Waals surface area (Å²) >= 11 is 6.07. The lowest BCUT2D eigenvalue weighted by atomic mass is 10.1. The molecule has 0 unspecified atom stereocenters. The largest absolute Gasteiger partial charge is 0.456 e. The van der Waals surface area contributed by atoms with Crippen LogP contribution in [-0.2, 0) is 0 Å². The van der Waals surface area contributed by atoms with E-state index in [0.717, 1.165) is 23.2 Å². The maximum absolute atomic E-state index is 10.6. The Bertz CT molecular complexity index is 591. The second-order valence-corrected chi connectivity index (χ2v) is 4.52. The van der Waals surface area contributed by atoms with E-state index >= 15 is 0 Å². The molecule has 0 radical (unpaired) electrons. The van der Waals surface area contributed by atoms with Crippen LogP contribution in [0, 0.1) is 13.8 Å². The molecule has 18 heavy (non-hydrogen) atoms. The number of benzene rings is 2. The third-order valence-corrected chi connectivity index (χ3v) is 3.16. The Balaban J connectivity index is 2.34. The van der Waals surface area contributed by atoms with Gasteiger partial charge in [-0.3, -0.25) is 4.79 Å². The highest BCUT2D eigenvalue weighted by Gasteiger charge is 2.07. The van der Waals surface area contributed by atoms with E-state index in [9.17, 15) is 4.79 Å². The minimum absolute atomic E-state index is 0.431.